The second kappa shape index (κ2) is 6.37. The van der Waals surface area contributed by atoms with Crippen LogP contribution in [0.4, 0.5) is 0 Å². The van der Waals surface area contributed by atoms with Crippen LogP contribution in [0, 0.1) is 6.92 Å². The minimum atomic E-state index is -0.156. The first kappa shape index (κ1) is 16.7. The molecule has 2 aromatic heterocycles. The molecule has 7 nitrogen and oxygen atoms in total. The van der Waals surface area contributed by atoms with Crippen molar-refractivity contribution in [3.05, 3.63) is 29.2 Å². The predicted molar refractivity (Wildman–Crippen MR) is 86.2 cm³/mol. The molecule has 0 aliphatic carbocycles. The van der Waals surface area contributed by atoms with Crippen LogP contribution >= 0.6 is 0 Å². The monoisotopic (exact) mass is 332 g/mol. The van der Waals surface area contributed by atoms with Gasteiger partial charge < -0.3 is 13.9 Å². The zero-order valence-electron chi connectivity index (χ0n) is 14.7. The molecule has 0 saturated carbocycles. The van der Waals surface area contributed by atoms with Crippen molar-refractivity contribution >= 4 is 5.91 Å². The normalized spacial score (nSPS) is 18.3. The van der Waals surface area contributed by atoms with Gasteiger partial charge in [0.15, 0.2) is 5.82 Å². The number of carbonyl (C=O) groups is 1. The van der Waals surface area contributed by atoms with Crippen molar-refractivity contribution in [2.75, 3.05) is 6.54 Å². The van der Waals surface area contributed by atoms with Gasteiger partial charge in [-0.2, -0.15) is 4.98 Å². The third kappa shape index (κ3) is 3.49. The lowest BCUT2D eigenvalue weighted by Crippen LogP contribution is -2.30. The molecule has 1 unspecified atom stereocenters. The molecule has 0 spiro atoms. The molecule has 1 amide bonds. The van der Waals surface area contributed by atoms with E-state index >= 15 is 0 Å². The molecule has 3 rings (SSSR count). The van der Waals surface area contributed by atoms with Crippen molar-refractivity contribution in [2.24, 2.45) is 0 Å². The maximum absolute atomic E-state index is 12.6. The van der Waals surface area contributed by atoms with Crippen molar-refractivity contribution < 1.29 is 13.8 Å². The molecule has 2 aromatic rings. The average molecular weight is 332 g/mol. The smallest absolute Gasteiger partial charge is 0.227 e. The SMILES string of the molecule is Cc1cc(C2CCCN2C(=O)CCc2nc(C(C)(C)C)no2)no1. The molecule has 0 N–H and O–H groups in total. The molecule has 1 aliphatic rings. The number of likely N-dealkylation sites (tertiary alicyclic amines) is 1. The van der Waals surface area contributed by atoms with Gasteiger partial charge in [-0.3, -0.25) is 4.79 Å². The Hall–Kier alpha value is -2.18. The van der Waals surface area contributed by atoms with Crippen LogP contribution in [0.2, 0.25) is 0 Å². The fourth-order valence-electron chi connectivity index (χ4n) is 2.93. The zero-order chi connectivity index (χ0) is 17.3. The summed E-state index contributed by atoms with van der Waals surface area (Å²) in [6, 6.07) is 1.92. The highest BCUT2D eigenvalue weighted by atomic mass is 16.5. The lowest BCUT2D eigenvalue weighted by Gasteiger charge is -2.22. The Balaban J connectivity index is 1.61. The van der Waals surface area contributed by atoms with E-state index in [0.29, 0.717) is 24.6 Å². The van der Waals surface area contributed by atoms with E-state index in [9.17, 15) is 4.79 Å². The Morgan fingerprint density at radius 3 is 2.75 bits per heavy atom. The van der Waals surface area contributed by atoms with E-state index in [1.807, 2.05) is 38.7 Å². The largest absolute Gasteiger partial charge is 0.361 e. The van der Waals surface area contributed by atoms with Gasteiger partial charge in [-0.25, -0.2) is 0 Å². The molecule has 0 radical (unpaired) electrons. The molecule has 24 heavy (non-hydrogen) atoms. The quantitative estimate of drug-likeness (QED) is 0.855. The van der Waals surface area contributed by atoms with Gasteiger partial charge in [-0.05, 0) is 19.8 Å². The van der Waals surface area contributed by atoms with Crippen LogP contribution in [0.5, 0.6) is 0 Å². The maximum Gasteiger partial charge on any atom is 0.227 e. The molecule has 130 valence electrons. The number of hydrogen-bond donors (Lipinski definition) is 0. The lowest BCUT2D eigenvalue weighted by molar-refractivity contribution is -0.132. The van der Waals surface area contributed by atoms with E-state index in [1.54, 1.807) is 0 Å². The van der Waals surface area contributed by atoms with Crippen LogP contribution in [-0.4, -0.2) is 32.6 Å². The van der Waals surface area contributed by atoms with Crippen molar-refractivity contribution in [3.8, 4) is 0 Å². The summed E-state index contributed by atoms with van der Waals surface area (Å²) in [6.07, 6.45) is 2.73. The minimum Gasteiger partial charge on any atom is -0.361 e. The van der Waals surface area contributed by atoms with Crippen LogP contribution in [0.3, 0.4) is 0 Å². The first-order chi connectivity index (χ1) is 11.3. The highest BCUT2D eigenvalue weighted by Crippen LogP contribution is 2.32. The molecule has 1 fully saturated rings. The highest BCUT2D eigenvalue weighted by Gasteiger charge is 2.32. The molecule has 1 atom stereocenters. The molecular formula is C17H24N4O3. The summed E-state index contributed by atoms with van der Waals surface area (Å²) in [4.78, 5) is 18.9. The van der Waals surface area contributed by atoms with E-state index in [2.05, 4.69) is 15.3 Å². The Labute approximate surface area is 141 Å². The number of rotatable bonds is 4. The maximum atomic E-state index is 12.6. The van der Waals surface area contributed by atoms with Gasteiger partial charge in [0.05, 0.1) is 6.04 Å². The van der Waals surface area contributed by atoms with Crippen molar-refractivity contribution in [1.82, 2.24) is 20.2 Å². The van der Waals surface area contributed by atoms with Crippen LogP contribution in [0.25, 0.3) is 0 Å². The summed E-state index contributed by atoms with van der Waals surface area (Å²) in [7, 11) is 0. The minimum absolute atomic E-state index is 0.0165. The molecule has 1 aliphatic heterocycles. The van der Waals surface area contributed by atoms with Gasteiger partial charge >= 0.3 is 0 Å². The number of carbonyl (C=O) groups excluding carboxylic acids is 1. The number of nitrogens with zero attached hydrogens (tertiary/aromatic N) is 4. The highest BCUT2D eigenvalue weighted by molar-refractivity contribution is 5.77. The van der Waals surface area contributed by atoms with E-state index in [0.717, 1.165) is 30.8 Å². The van der Waals surface area contributed by atoms with E-state index in [-0.39, 0.29) is 17.4 Å². The lowest BCUT2D eigenvalue weighted by atomic mass is 9.96. The standard InChI is InChI=1S/C17H24N4O3/c1-11-10-12(19-23-11)13-6-5-9-21(13)15(22)8-7-14-18-16(20-24-14)17(2,3)4/h10,13H,5-9H2,1-4H3. The Morgan fingerprint density at radius 1 is 1.33 bits per heavy atom. The van der Waals surface area contributed by atoms with Crippen LogP contribution in [0.1, 0.15) is 69.2 Å². The first-order valence-electron chi connectivity index (χ1n) is 8.40. The van der Waals surface area contributed by atoms with Gasteiger partial charge in [-0.1, -0.05) is 31.1 Å². The molecule has 7 heteroatoms. The molecule has 1 saturated heterocycles. The van der Waals surface area contributed by atoms with E-state index < -0.39 is 0 Å². The molecular weight excluding hydrogens is 308 g/mol. The van der Waals surface area contributed by atoms with Gasteiger partial charge in [0, 0.05) is 30.9 Å². The molecule has 3 heterocycles. The van der Waals surface area contributed by atoms with Gasteiger partial charge in [0.2, 0.25) is 11.8 Å². The van der Waals surface area contributed by atoms with Crippen LogP contribution < -0.4 is 0 Å². The van der Waals surface area contributed by atoms with E-state index in [1.165, 1.54) is 0 Å². The van der Waals surface area contributed by atoms with E-state index in [4.69, 9.17) is 9.05 Å². The number of aromatic nitrogens is 3. The molecule has 0 aromatic carbocycles. The second-order valence-electron chi connectivity index (χ2n) is 7.37. The number of aryl methyl sites for hydroxylation is 2. The third-order valence-electron chi connectivity index (χ3n) is 4.25. The van der Waals surface area contributed by atoms with Crippen molar-refractivity contribution in [1.29, 1.82) is 0 Å². The van der Waals surface area contributed by atoms with Crippen molar-refractivity contribution in [2.45, 2.75) is 64.8 Å². The Morgan fingerprint density at radius 2 is 2.12 bits per heavy atom. The fraction of sp³-hybridized carbons (Fsp3) is 0.647. The Bertz CT molecular complexity index is 713. The number of hydrogen-bond acceptors (Lipinski definition) is 6. The van der Waals surface area contributed by atoms with Gasteiger partial charge in [0.1, 0.15) is 11.5 Å². The molecule has 0 bridgehead atoms. The topological polar surface area (TPSA) is 85.3 Å². The summed E-state index contributed by atoms with van der Waals surface area (Å²) < 4.78 is 10.4. The van der Waals surface area contributed by atoms with Crippen LogP contribution in [-0.2, 0) is 16.6 Å². The fourth-order valence-corrected chi connectivity index (χ4v) is 2.93. The summed E-state index contributed by atoms with van der Waals surface area (Å²) in [6.45, 7) is 8.71. The number of amides is 1. The van der Waals surface area contributed by atoms with Crippen LogP contribution in [0.15, 0.2) is 15.1 Å². The summed E-state index contributed by atoms with van der Waals surface area (Å²) in [5.41, 5.74) is 0.683. The predicted octanol–water partition coefficient (Wildman–Crippen LogP) is 2.96. The first-order valence-corrected chi connectivity index (χ1v) is 8.40. The average Bonchev–Trinajstić information content (AvgIpc) is 3.23. The van der Waals surface area contributed by atoms with Crippen molar-refractivity contribution in [3.63, 3.8) is 0 Å². The zero-order valence-corrected chi connectivity index (χ0v) is 14.7. The van der Waals surface area contributed by atoms with Gasteiger partial charge in [0.25, 0.3) is 0 Å². The summed E-state index contributed by atoms with van der Waals surface area (Å²) >= 11 is 0. The second-order valence-corrected chi connectivity index (χ2v) is 7.37. The van der Waals surface area contributed by atoms with Gasteiger partial charge in [-0.15, -0.1) is 0 Å². The third-order valence-corrected chi connectivity index (χ3v) is 4.25. The summed E-state index contributed by atoms with van der Waals surface area (Å²) in [5, 5.41) is 8.06. The Kier molecular flexibility index (Phi) is 4.43. The summed E-state index contributed by atoms with van der Waals surface area (Å²) in [5.74, 6) is 2.04.